The summed E-state index contributed by atoms with van der Waals surface area (Å²) in [6, 6.07) is 0. The van der Waals surface area contributed by atoms with Crippen LogP contribution in [0.1, 0.15) is 6.92 Å². The van der Waals surface area contributed by atoms with Gasteiger partial charge in [-0.25, -0.2) is 0 Å². The molecule has 1 rings (SSSR count). The molecule has 0 saturated carbocycles. The van der Waals surface area contributed by atoms with Crippen molar-refractivity contribution >= 4 is 12.4 Å². The van der Waals surface area contributed by atoms with E-state index in [4.69, 9.17) is 10.5 Å². The average Bonchev–Trinajstić information content (AvgIpc) is 2.31. The number of nitro groups is 1. The Labute approximate surface area is 124 Å². The average molecular weight is 308 g/mol. The van der Waals surface area contributed by atoms with Crippen molar-refractivity contribution in [3.05, 3.63) is 33.5 Å². The Morgan fingerprint density at radius 1 is 1.60 bits per heavy atom. The standard InChI is InChI=1S/C11H21N5O3.ClH/c1-11(13-5-6-15(2)3)9(16(17)18)7-8(12)10(14-11)19-4;/h7,13-14H,5-6,12H2,1-4H3;1H. The van der Waals surface area contributed by atoms with Gasteiger partial charge in [-0.05, 0) is 21.0 Å². The van der Waals surface area contributed by atoms with E-state index in [1.165, 1.54) is 13.2 Å². The molecule has 1 aliphatic heterocycles. The van der Waals surface area contributed by atoms with E-state index in [-0.39, 0.29) is 23.8 Å². The SMILES string of the molecule is COC1=C(N)C=C([N+](=O)[O-])C(C)(NCCN(C)C)N1.Cl. The normalized spacial score (nSPS) is 21.9. The van der Waals surface area contributed by atoms with Gasteiger partial charge < -0.3 is 20.7 Å². The number of halogens is 1. The lowest BCUT2D eigenvalue weighted by Gasteiger charge is -2.33. The van der Waals surface area contributed by atoms with Crippen molar-refractivity contribution in [3.63, 3.8) is 0 Å². The summed E-state index contributed by atoms with van der Waals surface area (Å²) in [6.45, 7) is 3.02. The fraction of sp³-hybridized carbons (Fsp3) is 0.636. The Morgan fingerprint density at radius 3 is 2.65 bits per heavy atom. The van der Waals surface area contributed by atoms with E-state index in [1.54, 1.807) is 6.92 Å². The Morgan fingerprint density at radius 2 is 2.20 bits per heavy atom. The highest BCUT2D eigenvalue weighted by molar-refractivity contribution is 5.85. The number of rotatable bonds is 6. The van der Waals surface area contributed by atoms with E-state index in [0.717, 1.165) is 6.54 Å². The van der Waals surface area contributed by atoms with Crippen molar-refractivity contribution in [3.8, 4) is 0 Å². The van der Waals surface area contributed by atoms with Crippen LogP contribution in [0.3, 0.4) is 0 Å². The number of nitrogens with two attached hydrogens (primary N) is 1. The van der Waals surface area contributed by atoms with E-state index in [0.29, 0.717) is 12.4 Å². The minimum absolute atomic E-state index is 0. The zero-order valence-corrected chi connectivity index (χ0v) is 12.9. The highest BCUT2D eigenvalue weighted by atomic mass is 35.5. The quantitative estimate of drug-likeness (QED) is 0.461. The van der Waals surface area contributed by atoms with Gasteiger partial charge >= 0.3 is 0 Å². The molecule has 0 radical (unpaired) electrons. The second-order valence-corrected chi connectivity index (χ2v) is 4.76. The van der Waals surface area contributed by atoms with Gasteiger partial charge in [0.05, 0.1) is 17.7 Å². The molecule has 116 valence electrons. The molecule has 8 nitrogen and oxygen atoms in total. The van der Waals surface area contributed by atoms with Crippen molar-refractivity contribution in [1.29, 1.82) is 0 Å². The molecule has 20 heavy (non-hydrogen) atoms. The lowest BCUT2D eigenvalue weighted by atomic mass is 10.0. The molecular weight excluding hydrogens is 286 g/mol. The van der Waals surface area contributed by atoms with Crippen LogP contribution in [0, 0.1) is 10.1 Å². The monoisotopic (exact) mass is 307 g/mol. The number of nitrogens with zero attached hydrogens (tertiary/aromatic N) is 2. The van der Waals surface area contributed by atoms with Crippen molar-refractivity contribution in [2.75, 3.05) is 34.3 Å². The van der Waals surface area contributed by atoms with E-state index < -0.39 is 10.6 Å². The zero-order valence-electron chi connectivity index (χ0n) is 12.1. The summed E-state index contributed by atoms with van der Waals surface area (Å²) in [5.41, 5.74) is 4.84. The van der Waals surface area contributed by atoms with Crippen molar-refractivity contribution < 1.29 is 9.66 Å². The van der Waals surface area contributed by atoms with E-state index in [9.17, 15) is 10.1 Å². The van der Waals surface area contributed by atoms with Gasteiger partial charge in [-0.2, -0.15) is 0 Å². The smallest absolute Gasteiger partial charge is 0.288 e. The third-order valence-electron chi connectivity index (χ3n) is 2.87. The van der Waals surface area contributed by atoms with Crippen LogP contribution in [0.4, 0.5) is 0 Å². The second kappa shape index (κ2) is 7.32. The van der Waals surface area contributed by atoms with Gasteiger partial charge in [0, 0.05) is 19.2 Å². The fourth-order valence-corrected chi connectivity index (χ4v) is 1.79. The molecule has 4 N–H and O–H groups in total. The van der Waals surface area contributed by atoms with E-state index >= 15 is 0 Å². The van der Waals surface area contributed by atoms with Crippen LogP contribution in [0.2, 0.25) is 0 Å². The minimum Gasteiger partial charge on any atom is -0.481 e. The summed E-state index contributed by atoms with van der Waals surface area (Å²) < 4.78 is 5.08. The van der Waals surface area contributed by atoms with Crippen LogP contribution in [0.5, 0.6) is 0 Å². The highest BCUT2D eigenvalue weighted by Gasteiger charge is 2.42. The number of ether oxygens (including phenoxy) is 1. The molecule has 1 unspecified atom stereocenters. The molecule has 1 atom stereocenters. The minimum atomic E-state index is -1.02. The lowest BCUT2D eigenvalue weighted by Crippen LogP contribution is -2.60. The van der Waals surface area contributed by atoms with Crippen LogP contribution in [-0.2, 0) is 4.74 Å². The van der Waals surface area contributed by atoms with E-state index in [1.807, 2.05) is 19.0 Å². The van der Waals surface area contributed by atoms with E-state index in [2.05, 4.69) is 10.6 Å². The zero-order chi connectivity index (χ0) is 14.6. The Kier molecular flexibility index (Phi) is 6.77. The molecule has 0 aliphatic carbocycles. The van der Waals surface area contributed by atoms with Gasteiger partial charge in [0.25, 0.3) is 5.70 Å². The molecule has 0 fully saturated rings. The molecule has 0 aromatic rings. The topological polar surface area (TPSA) is 106 Å². The van der Waals surface area contributed by atoms with Crippen LogP contribution in [0.25, 0.3) is 0 Å². The fourth-order valence-electron chi connectivity index (χ4n) is 1.79. The first-order chi connectivity index (χ1) is 8.80. The molecule has 1 aliphatic rings. The first-order valence-electron chi connectivity index (χ1n) is 5.88. The lowest BCUT2D eigenvalue weighted by molar-refractivity contribution is -0.437. The number of dihydropyridines is 1. The summed E-state index contributed by atoms with van der Waals surface area (Å²) in [5, 5.41) is 17.2. The molecule has 0 spiro atoms. The molecule has 0 bridgehead atoms. The van der Waals surface area contributed by atoms with Gasteiger partial charge in [0.1, 0.15) is 0 Å². The molecule has 1 heterocycles. The largest absolute Gasteiger partial charge is 0.481 e. The predicted molar refractivity (Wildman–Crippen MR) is 78.6 cm³/mol. The summed E-state index contributed by atoms with van der Waals surface area (Å²) in [5.74, 6) is 0.324. The maximum Gasteiger partial charge on any atom is 0.288 e. The molecular formula is C11H22ClN5O3. The van der Waals surface area contributed by atoms with Crippen LogP contribution >= 0.6 is 12.4 Å². The van der Waals surface area contributed by atoms with Gasteiger partial charge in [-0.3, -0.25) is 15.4 Å². The van der Waals surface area contributed by atoms with Crippen molar-refractivity contribution in [2.24, 2.45) is 5.73 Å². The van der Waals surface area contributed by atoms with Crippen molar-refractivity contribution in [1.82, 2.24) is 15.5 Å². The summed E-state index contributed by atoms with van der Waals surface area (Å²) in [6.07, 6.45) is 1.32. The van der Waals surface area contributed by atoms with Crippen LogP contribution in [-0.4, -0.2) is 49.8 Å². The number of hydrogen-bond acceptors (Lipinski definition) is 7. The number of likely N-dealkylation sites (N-methyl/N-ethyl adjacent to an activating group) is 1. The molecule has 0 aromatic heterocycles. The highest BCUT2D eigenvalue weighted by Crippen LogP contribution is 2.22. The molecule has 0 aromatic carbocycles. The Hall–Kier alpha value is -1.51. The number of methoxy groups -OCH3 is 1. The van der Waals surface area contributed by atoms with Gasteiger partial charge in [0.2, 0.25) is 5.88 Å². The molecule has 9 heteroatoms. The molecule has 0 saturated heterocycles. The summed E-state index contributed by atoms with van der Waals surface area (Å²) in [4.78, 5) is 12.7. The summed E-state index contributed by atoms with van der Waals surface area (Å²) in [7, 11) is 5.32. The van der Waals surface area contributed by atoms with Crippen LogP contribution in [0.15, 0.2) is 23.4 Å². The van der Waals surface area contributed by atoms with Crippen LogP contribution < -0.4 is 16.4 Å². The van der Waals surface area contributed by atoms with Gasteiger partial charge in [0.15, 0.2) is 5.66 Å². The Balaban J connectivity index is 0.00000361. The second-order valence-electron chi connectivity index (χ2n) is 4.76. The third-order valence-corrected chi connectivity index (χ3v) is 2.87. The first-order valence-corrected chi connectivity index (χ1v) is 5.88. The third kappa shape index (κ3) is 4.26. The first kappa shape index (κ1) is 18.5. The maximum absolute atomic E-state index is 11.1. The summed E-state index contributed by atoms with van der Waals surface area (Å²) >= 11 is 0. The van der Waals surface area contributed by atoms with Gasteiger partial charge in [-0.15, -0.1) is 12.4 Å². The Bertz CT molecular complexity index is 424. The van der Waals surface area contributed by atoms with Crippen molar-refractivity contribution in [2.45, 2.75) is 12.6 Å². The molecule has 0 amide bonds. The van der Waals surface area contributed by atoms with Gasteiger partial charge in [-0.1, -0.05) is 0 Å². The maximum atomic E-state index is 11.1. The number of hydrogen-bond donors (Lipinski definition) is 3. The number of allylic oxidation sites excluding steroid dienone is 1. The predicted octanol–water partition coefficient (Wildman–Crippen LogP) is -0.186. The number of nitrogens with one attached hydrogen (secondary N) is 2.